The van der Waals surface area contributed by atoms with Crippen molar-refractivity contribution in [3.63, 3.8) is 0 Å². The first-order valence-corrected chi connectivity index (χ1v) is 16.4. The van der Waals surface area contributed by atoms with Crippen molar-refractivity contribution in [2.45, 2.75) is 21.0 Å². The van der Waals surface area contributed by atoms with E-state index in [4.69, 9.17) is 0 Å². The third-order valence-corrected chi connectivity index (χ3v) is 8.82. The summed E-state index contributed by atoms with van der Waals surface area (Å²) in [5.74, 6) is 0.898. The van der Waals surface area contributed by atoms with Gasteiger partial charge < -0.3 is 0 Å². The molecule has 0 spiro atoms. The number of hydrogen-bond donors (Lipinski definition) is 1. The first-order chi connectivity index (χ1) is 9.59. The maximum absolute atomic E-state index is 12.9. The van der Waals surface area contributed by atoms with Gasteiger partial charge in [0.25, 0.3) is 0 Å². The predicted octanol–water partition coefficient (Wildman–Crippen LogP) is 3.12. The normalized spacial score (nSPS) is 12.5. The quantitative estimate of drug-likeness (QED) is 0.799. The Morgan fingerprint density at radius 1 is 1.14 bits per heavy atom. The number of aryl methyl sites for hydroxylation is 1. The summed E-state index contributed by atoms with van der Waals surface area (Å²) in [7, 11) is 1.72. The van der Waals surface area contributed by atoms with Gasteiger partial charge in [0, 0.05) is 0 Å². The first kappa shape index (κ1) is 16.1. The summed E-state index contributed by atoms with van der Waals surface area (Å²) in [5, 5.41) is 6.98. The van der Waals surface area contributed by atoms with E-state index >= 15 is 0 Å². The van der Waals surface area contributed by atoms with Gasteiger partial charge in [-0.05, 0) is 0 Å². The number of rotatable bonds is 3. The Morgan fingerprint density at radius 2 is 1.81 bits per heavy atom. The Balaban J connectivity index is 2.51. The van der Waals surface area contributed by atoms with E-state index in [9.17, 15) is 13.2 Å². The topological polar surface area (TPSA) is 42.7 Å². The molecule has 0 aliphatic heterocycles. The Morgan fingerprint density at radius 3 is 2.29 bits per heavy atom. The second kappa shape index (κ2) is 5.51. The molecule has 21 heavy (non-hydrogen) atoms. The molecule has 8 heteroatoms. The maximum atomic E-state index is 12.9. The van der Waals surface area contributed by atoms with Gasteiger partial charge in [0.2, 0.25) is 0 Å². The standard InChI is InChI=1S/C10H8F3N4.3CH3.Sn/c1-17-9(5-6-14-17)16-8-4-2-3-7(15-8)10(11,12)13;;;;/h2-3,5-6H,1H3,(H,15,16);3*1H3;. The minimum atomic E-state index is -4.45. The fourth-order valence-corrected chi connectivity index (χ4v) is 5.97. The molecule has 2 rings (SSSR count). The molecular formula is C13H17F3N4Sn. The molecule has 0 bridgehead atoms. The Kier molecular flexibility index (Phi) is 4.23. The van der Waals surface area contributed by atoms with Gasteiger partial charge in [-0.3, -0.25) is 0 Å². The molecule has 0 fully saturated rings. The van der Waals surface area contributed by atoms with Crippen molar-refractivity contribution in [1.29, 1.82) is 0 Å². The molecule has 2 aromatic rings. The first-order valence-electron chi connectivity index (χ1n) is 6.43. The fourth-order valence-electron chi connectivity index (χ4n) is 1.94. The number of alkyl halides is 3. The van der Waals surface area contributed by atoms with Crippen LogP contribution in [0.2, 0.25) is 14.8 Å². The van der Waals surface area contributed by atoms with Crippen LogP contribution in [0.3, 0.4) is 0 Å². The van der Waals surface area contributed by atoms with Crippen LogP contribution in [0.1, 0.15) is 5.69 Å². The van der Waals surface area contributed by atoms with E-state index in [2.05, 4.69) is 30.2 Å². The van der Waals surface area contributed by atoms with Crippen molar-refractivity contribution in [3.05, 3.63) is 30.1 Å². The summed E-state index contributed by atoms with van der Waals surface area (Å²) in [6, 6.07) is 4.32. The van der Waals surface area contributed by atoms with Crippen LogP contribution < -0.4 is 8.90 Å². The number of hydrogen-bond acceptors (Lipinski definition) is 3. The summed E-state index contributed by atoms with van der Waals surface area (Å²) < 4.78 is 41.1. The van der Waals surface area contributed by atoms with E-state index < -0.39 is 30.2 Å². The molecule has 2 heterocycles. The van der Waals surface area contributed by atoms with Crippen molar-refractivity contribution in [3.8, 4) is 0 Å². The Labute approximate surface area is 125 Å². The molecule has 0 unspecified atom stereocenters. The summed E-state index contributed by atoms with van der Waals surface area (Å²) in [4.78, 5) is 10.2. The van der Waals surface area contributed by atoms with Crippen molar-refractivity contribution < 1.29 is 13.2 Å². The second-order valence-corrected chi connectivity index (χ2v) is 20.2. The zero-order chi connectivity index (χ0) is 15.8. The van der Waals surface area contributed by atoms with E-state index in [1.807, 2.05) is 0 Å². The van der Waals surface area contributed by atoms with E-state index in [-0.39, 0.29) is 5.82 Å². The molecule has 0 radical (unpaired) electrons. The summed E-state index contributed by atoms with van der Waals surface area (Å²) in [5.41, 5.74) is -0.883. The van der Waals surface area contributed by atoms with Gasteiger partial charge in [-0.25, -0.2) is 0 Å². The molecular weight excluding hydrogens is 388 g/mol. The number of nitrogens with one attached hydrogen (secondary N) is 1. The summed E-state index contributed by atoms with van der Waals surface area (Å²) in [6.45, 7) is 0. The van der Waals surface area contributed by atoms with Gasteiger partial charge in [0.15, 0.2) is 0 Å². The zero-order valence-corrected chi connectivity index (χ0v) is 15.1. The van der Waals surface area contributed by atoms with Gasteiger partial charge in [0.05, 0.1) is 0 Å². The van der Waals surface area contributed by atoms with E-state index in [1.54, 1.807) is 30.1 Å². The monoisotopic (exact) mass is 406 g/mol. The van der Waals surface area contributed by atoms with Gasteiger partial charge >= 0.3 is 125 Å². The van der Waals surface area contributed by atoms with Gasteiger partial charge in [-0.15, -0.1) is 0 Å². The third kappa shape index (κ3) is 3.69. The number of halogens is 3. The van der Waals surface area contributed by atoms with Crippen LogP contribution in [0, 0.1) is 0 Å². The molecule has 0 atom stereocenters. The van der Waals surface area contributed by atoms with Crippen molar-refractivity contribution >= 4 is 33.6 Å². The average Bonchev–Trinajstić information content (AvgIpc) is 2.72. The molecule has 114 valence electrons. The van der Waals surface area contributed by atoms with Crippen LogP contribution in [0.15, 0.2) is 24.4 Å². The SMILES string of the molecule is Cn1nccc1Nc1nc(C(F)(F)F)cc[c]1[Sn]([CH3])([CH3])[CH3]. The van der Waals surface area contributed by atoms with E-state index in [1.165, 1.54) is 0 Å². The molecule has 0 saturated carbocycles. The summed E-state index contributed by atoms with van der Waals surface area (Å²) >= 11 is -2.60. The van der Waals surface area contributed by atoms with Crippen molar-refractivity contribution in [2.24, 2.45) is 7.05 Å². The van der Waals surface area contributed by atoms with Gasteiger partial charge in [0.1, 0.15) is 0 Å². The van der Waals surface area contributed by atoms with Gasteiger partial charge in [-0.1, -0.05) is 0 Å². The minimum absolute atomic E-state index is 0.289. The van der Waals surface area contributed by atoms with Crippen LogP contribution in [0.25, 0.3) is 0 Å². The Hall–Kier alpha value is -1.25. The number of nitrogens with zero attached hydrogens (tertiary/aromatic N) is 3. The van der Waals surface area contributed by atoms with Crippen LogP contribution in [-0.2, 0) is 13.2 Å². The molecule has 0 aliphatic rings. The number of anilines is 2. The zero-order valence-electron chi connectivity index (χ0n) is 12.3. The number of aromatic nitrogens is 3. The van der Waals surface area contributed by atoms with Crippen molar-refractivity contribution in [1.82, 2.24) is 14.8 Å². The molecule has 0 aromatic carbocycles. The van der Waals surface area contributed by atoms with Gasteiger partial charge in [-0.2, -0.15) is 0 Å². The van der Waals surface area contributed by atoms with Crippen LogP contribution in [-0.4, -0.2) is 33.1 Å². The number of pyridine rings is 1. The molecule has 0 amide bonds. The van der Waals surface area contributed by atoms with E-state index in [0.717, 1.165) is 9.65 Å². The molecule has 0 aliphatic carbocycles. The Bertz CT molecular complexity index is 644. The summed E-state index contributed by atoms with van der Waals surface area (Å²) in [6.07, 6.45) is -2.87. The average molecular weight is 405 g/mol. The second-order valence-electron chi connectivity index (χ2n) is 5.81. The van der Waals surface area contributed by atoms with Crippen LogP contribution in [0.4, 0.5) is 24.8 Å². The molecule has 0 saturated heterocycles. The predicted molar refractivity (Wildman–Crippen MR) is 78.7 cm³/mol. The van der Waals surface area contributed by atoms with E-state index in [0.29, 0.717) is 5.82 Å². The fraction of sp³-hybridized carbons (Fsp3) is 0.385. The van der Waals surface area contributed by atoms with Crippen molar-refractivity contribution in [2.75, 3.05) is 5.32 Å². The molecule has 2 aromatic heterocycles. The third-order valence-electron chi connectivity index (χ3n) is 3.06. The molecule has 4 nitrogen and oxygen atoms in total. The van der Waals surface area contributed by atoms with Crippen LogP contribution in [0.5, 0.6) is 0 Å². The van der Waals surface area contributed by atoms with Crippen LogP contribution >= 0.6 is 0 Å². The molecule has 1 N–H and O–H groups in total.